The van der Waals surface area contributed by atoms with Gasteiger partial charge in [0.1, 0.15) is 23.9 Å². The molecule has 2 aromatic heterocycles. The SMILES string of the molecule is COC[C@@H]1CC[C@H](n2c(C)nc3c(C)ncnc32)O1. The van der Waals surface area contributed by atoms with Crippen LogP contribution in [0.3, 0.4) is 0 Å². The molecule has 1 fully saturated rings. The molecule has 0 aromatic carbocycles. The summed E-state index contributed by atoms with van der Waals surface area (Å²) in [5.41, 5.74) is 2.62. The van der Waals surface area contributed by atoms with Crippen LogP contribution in [0.2, 0.25) is 0 Å². The molecule has 19 heavy (non-hydrogen) atoms. The quantitative estimate of drug-likeness (QED) is 0.843. The summed E-state index contributed by atoms with van der Waals surface area (Å²) in [5, 5.41) is 0. The van der Waals surface area contributed by atoms with E-state index in [1.54, 1.807) is 13.4 Å². The van der Waals surface area contributed by atoms with E-state index in [2.05, 4.69) is 19.5 Å². The molecule has 0 aliphatic carbocycles. The predicted molar refractivity (Wildman–Crippen MR) is 69.8 cm³/mol. The molecule has 6 heteroatoms. The molecule has 0 spiro atoms. The van der Waals surface area contributed by atoms with Gasteiger partial charge in [0.2, 0.25) is 0 Å². The number of aromatic nitrogens is 4. The highest BCUT2D eigenvalue weighted by Gasteiger charge is 2.29. The maximum absolute atomic E-state index is 6.01. The van der Waals surface area contributed by atoms with Gasteiger partial charge in [-0.2, -0.15) is 0 Å². The number of hydrogen-bond donors (Lipinski definition) is 0. The molecule has 2 aromatic rings. The van der Waals surface area contributed by atoms with Gasteiger partial charge in [-0.05, 0) is 26.7 Å². The molecule has 1 saturated heterocycles. The van der Waals surface area contributed by atoms with E-state index in [1.165, 1.54) is 0 Å². The number of hydrogen-bond acceptors (Lipinski definition) is 5. The van der Waals surface area contributed by atoms with Gasteiger partial charge in [0, 0.05) is 7.11 Å². The molecule has 2 atom stereocenters. The number of aryl methyl sites for hydroxylation is 2. The van der Waals surface area contributed by atoms with Crippen molar-refractivity contribution in [3.05, 3.63) is 17.8 Å². The molecule has 0 radical (unpaired) electrons. The van der Waals surface area contributed by atoms with Crippen molar-refractivity contribution in [2.45, 2.75) is 39.0 Å². The first-order valence-corrected chi connectivity index (χ1v) is 6.51. The zero-order valence-electron chi connectivity index (χ0n) is 11.5. The lowest BCUT2D eigenvalue weighted by Crippen LogP contribution is -2.16. The molecule has 0 N–H and O–H groups in total. The summed E-state index contributed by atoms with van der Waals surface area (Å²) in [5.74, 6) is 0.918. The number of rotatable bonds is 3. The van der Waals surface area contributed by atoms with Crippen LogP contribution in [0.1, 0.15) is 30.6 Å². The lowest BCUT2D eigenvalue weighted by Gasteiger charge is -2.16. The molecule has 0 saturated carbocycles. The molecule has 3 heterocycles. The average Bonchev–Trinajstić information content (AvgIpc) is 2.94. The minimum Gasteiger partial charge on any atom is -0.382 e. The Bertz CT molecular complexity index is 596. The van der Waals surface area contributed by atoms with Crippen molar-refractivity contribution in [1.82, 2.24) is 19.5 Å². The standard InChI is InChI=1S/C13H18N4O2/c1-8-12-13(15-7-14-8)17(9(2)16-12)11-5-4-10(19-11)6-18-3/h7,10-11H,4-6H2,1-3H3/t10-,11+/m0/s1. The number of imidazole rings is 1. The second-order valence-corrected chi connectivity index (χ2v) is 4.91. The fourth-order valence-electron chi connectivity index (χ4n) is 2.66. The lowest BCUT2D eigenvalue weighted by molar-refractivity contribution is -0.0308. The van der Waals surface area contributed by atoms with Crippen LogP contribution in [0.5, 0.6) is 0 Å². The van der Waals surface area contributed by atoms with E-state index in [9.17, 15) is 0 Å². The minimum atomic E-state index is -0.000509. The number of fused-ring (bicyclic) bond motifs is 1. The van der Waals surface area contributed by atoms with Gasteiger partial charge in [-0.1, -0.05) is 0 Å². The van der Waals surface area contributed by atoms with Crippen molar-refractivity contribution in [3.8, 4) is 0 Å². The van der Waals surface area contributed by atoms with Gasteiger partial charge in [0.05, 0.1) is 18.4 Å². The summed E-state index contributed by atoms with van der Waals surface area (Å²) in [7, 11) is 1.70. The molecule has 3 rings (SSSR count). The third-order valence-electron chi connectivity index (χ3n) is 3.56. The van der Waals surface area contributed by atoms with Gasteiger partial charge >= 0.3 is 0 Å². The lowest BCUT2D eigenvalue weighted by atomic mass is 10.2. The van der Waals surface area contributed by atoms with E-state index in [1.807, 2.05) is 13.8 Å². The minimum absolute atomic E-state index is 0.000509. The Morgan fingerprint density at radius 2 is 2.21 bits per heavy atom. The Balaban J connectivity index is 1.97. The second-order valence-electron chi connectivity index (χ2n) is 4.91. The summed E-state index contributed by atoms with van der Waals surface area (Å²) in [6, 6.07) is 0. The van der Waals surface area contributed by atoms with E-state index >= 15 is 0 Å². The summed E-state index contributed by atoms with van der Waals surface area (Å²) in [4.78, 5) is 13.1. The van der Waals surface area contributed by atoms with Gasteiger partial charge in [-0.25, -0.2) is 15.0 Å². The van der Waals surface area contributed by atoms with Crippen molar-refractivity contribution in [3.63, 3.8) is 0 Å². The third-order valence-corrected chi connectivity index (χ3v) is 3.56. The van der Waals surface area contributed by atoms with Gasteiger partial charge < -0.3 is 9.47 Å². The monoisotopic (exact) mass is 262 g/mol. The highest BCUT2D eigenvalue weighted by molar-refractivity contribution is 5.73. The van der Waals surface area contributed by atoms with Gasteiger partial charge in [0.15, 0.2) is 5.65 Å². The topological polar surface area (TPSA) is 62.1 Å². The highest BCUT2D eigenvalue weighted by atomic mass is 16.5. The molecule has 0 amide bonds. The van der Waals surface area contributed by atoms with Crippen LogP contribution >= 0.6 is 0 Å². The maximum Gasteiger partial charge on any atom is 0.165 e. The second kappa shape index (κ2) is 4.86. The Kier molecular flexibility index (Phi) is 3.20. The van der Waals surface area contributed by atoms with Gasteiger partial charge in [-0.3, -0.25) is 4.57 Å². The van der Waals surface area contributed by atoms with Crippen LogP contribution in [-0.2, 0) is 9.47 Å². The first-order chi connectivity index (χ1) is 9.20. The maximum atomic E-state index is 6.01. The van der Waals surface area contributed by atoms with Gasteiger partial charge in [0.25, 0.3) is 0 Å². The van der Waals surface area contributed by atoms with Crippen LogP contribution < -0.4 is 0 Å². The molecule has 0 bridgehead atoms. The van der Waals surface area contributed by atoms with Crippen molar-refractivity contribution >= 4 is 11.2 Å². The number of nitrogens with zero attached hydrogens (tertiary/aromatic N) is 4. The predicted octanol–water partition coefficient (Wildman–Crippen LogP) is 1.77. The van der Waals surface area contributed by atoms with Crippen LogP contribution in [0, 0.1) is 13.8 Å². The summed E-state index contributed by atoms with van der Waals surface area (Å²) < 4.78 is 13.2. The molecule has 0 unspecified atom stereocenters. The largest absolute Gasteiger partial charge is 0.382 e. The number of methoxy groups -OCH3 is 1. The van der Waals surface area contributed by atoms with Crippen LogP contribution in [-0.4, -0.2) is 39.3 Å². The molecule has 102 valence electrons. The first kappa shape index (κ1) is 12.5. The first-order valence-electron chi connectivity index (χ1n) is 6.51. The molecule has 1 aliphatic heterocycles. The zero-order chi connectivity index (χ0) is 13.4. The molecular weight excluding hydrogens is 244 g/mol. The summed E-state index contributed by atoms with van der Waals surface area (Å²) in [6.07, 6.45) is 3.70. The Hall–Kier alpha value is -1.53. The van der Waals surface area contributed by atoms with Crippen molar-refractivity contribution < 1.29 is 9.47 Å². The van der Waals surface area contributed by atoms with Crippen molar-refractivity contribution in [2.75, 3.05) is 13.7 Å². The molecular formula is C13H18N4O2. The fraction of sp³-hybridized carbons (Fsp3) is 0.615. The van der Waals surface area contributed by atoms with E-state index < -0.39 is 0 Å². The normalized spacial score (nSPS) is 23.3. The molecule has 6 nitrogen and oxygen atoms in total. The van der Waals surface area contributed by atoms with E-state index in [0.717, 1.165) is 35.5 Å². The van der Waals surface area contributed by atoms with Crippen molar-refractivity contribution in [2.24, 2.45) is 0 Å². The Morgan fingerprint density at radius 3 is 3.00 bits per heavy atom. The van der Waals surface area contributed by atoms with Crippen LogP contribution in [0.15, 0.2) is 6.33 Å². The fourth-order valence-corrected chi connectivity index (χ4v) is 2.66. The van der Waals surface area contributed by atoms with Gasteiger partial charge in [-0.15, -0.1) is 0 Å². The average molecular weight is 262 g/mol. The smallest absolute Gasteiger partial charge is 0.165 e. The highest BCUT2D eigenvalue weighted by Crippen LogP contribution is 2.32. The van der Waals surface area contributed by atoms with E-state index in [4.69, 9.17) is 9.47 Å². The van der Waals surface area contributed by atoms with Crippen LogP contribution in [0.25, 0.3) is 11.2 Å². The summed E-state index contributed by atoms with van der Waals surface area (Å²) >= 11 is 0. The van der Waals surface area contributed by atoms with Crippen molar-refractivity contribution in [1.29, 1.82) is 0 Å². The molecule has 1 aliphatic rings. The van der Waals surface area contributed by atoms with Crippen LogP contribution in [0.4, 0.5) is 0 Å². The third kappa shape index (κ3) is 2.11. The summed E-state index contributed by atoms with van der Waals surface area (Å²) in [6.45, 7) is 4.56. The van der Waals surface area contributed by atoms with E-state index in [0.29, 0.717) is 6.61 Å². The Labute approximate surface area is 111 Å². The Morgan fingerprint density at radius 1 is 1.37 bits per heavy atom. The zero-order valence-corrected chi connectivity index (χ0v) is 11.5. The number of ether oxygens (including phenoxy) is 2. The van der Waals surface area contributed by atoms with E-state index in [-0.39, 0.29) is 12.3 Å².